The van der Waals surface area contributed by atoms with Crippen molar-refractivity contribution in [3.8, 4) is 44.5 Å². The largest absolute Gasteiger partial charge is 0.307 e. The van der Waals surface area contributed by atoms with Gasteiger partial charge in [0.15, 0.2) is 23.3 Å². The van der Waals surface area contributed by atoms with E-state index < -0.39 is 69.8 Å². The molecule has 0 radical (unpaired) electrons. The first-order valence-electron chi connectivity index (χ1n) is 38.3. The van der Waals surface area contributed by atoms with E-state index in [-0.39, 0.29) is 45.0 Å². The Bertz CT molecular complexity index is 6890. The molecule has 0 N–H and O–H groups in total. The van der Waals surface area contributed by atoms with E-state index in [1.807, 2.05) is 218 Å². The van der Waals surface area contributed by atoms with E-state index in [4.69, 9.17) is 0 Å². The van der Waals surface area contributed by atoms with Gasteiger partial charge in [-0.25, -0.2) is 52.7 Å². The van der Waals surface area contributed by atoms with E-state index >= 15 is 35.1 Å². The Labute approximate surface area is 679 Å². The molecule has 0 amide bonds. The zero-order valence-electron chi connectivity index (χ0n) is 63.0. The predicted octanol–water partition coefficient (Wildman–Crippen LogP) is 31.4. The molecule has 0 bridgehead atoms. The van der Waals surface area contributed by atoms with Crippen LogP contribution in [0.3, 0.4) is 0 Å². The number of anilines is 12. The maximum Gasteiger partial charge on any atom is 0.150 e. The van der Waals surface area contributed by atoms with Crippen LogP contribution in [-0.2, 0) is 0 Å². The van der Waals surface area contributed by atoms with Crippen molar-refractivity contribution in [2.24, 2.45) is 0 Å². The fourth-order valence-electron chi connectivity index (χ4n) is 16.8. The van der Waals surface area contributed by atoms with Crippen molar-refractivity contribution in [2.45, 2.75) is 0 Å². The van der Waals surface area contributed by atoms with E-state index in [0.717, 1.165) is 88.9 Å². The second kappa shape index (κ2) is 30.8. The third-order valence-corrected chi connectivity index (χ3v) is 21.8. The Hall–Kier alpha value is -15.2. The lowest BCUT2D eigenvalue weighted by molar-refractivity contribution is 0.584. The summed E-state index contributed by atoms with van der Waals surface area (Å²) in [6, 6.07) is 98.0. The average Bonchev–Trinajstić information content (AvgIpc) is 0.716. The van der Waals surface area contributed by atoms with Crippen LogP contribution in [0.2, 0.25) is 0 Å². The van der Waals surface area contributed by atoms with Gasteiger partial charge in [-0.05, 0) is 211 Å². The van der Waals surface area contributed by atoms with Crippen LogP contribution in [0.5, 0.6) is 0 Å². The number of hydrogen-bond donors (Lipinski definition) is 0. The summed E-state index contributed by atoms with van der Waals surface area (Å²) in [7, 11) is 0. The molecule has 0 unspecified atom stereocenters. The second-order valence-electron chi connectivity index (χ2n) is 29.0. The molecule has 0 fully saturated rings. The highest BCUT2D eigenvalue weighted by Crippen LogP contribution is 2.55. The number of hydrogen-bond acceptors (Lipinski definition) is 4. The topological polar surface area (TPSA) is 13.0 Å². The van der Waals surface area contributed by atoms with Gasteiger partial charge in [0, 0.05) is 90.8 Å². The molecule has 4 nitrogen and oxygen atoms in total. The fourth-order valence-corrected chi connectivity index (χ4v) is 16.8. The van der Waals surface area contributed by atoms with Gasteiger partial charge in [-0.2, -0.15) is 0 Å². The molecular weight excluding hydrogens is 1530 g/mol. The van der Waals surface area contributed by atoms with Crippen LogP contribution in [0.4, 0.5) is 121 Å². The van der Waals surface area contributed by atoms with Gasteiger partial charge < -0.3 is 19.6 Å². The molecule has 0 aliphatic carbocycles. The first-order chi connectivity index (χ1) is 58.5. The summed E-state index contributed by atoms with van der Waals surface area (Å²) in [4.78, 5) is 6.94. The van der Waals surface area contributed by atoms with Crippen LogP contribution in [0, 0.1) is 69.8 Å². The Kier molecular flexibility index (Phi) is 19.2. The Balaban J connectivity index is 0.000000159. The van der Waals surface area contributed by atoms with Gasteiger partial charge in [0.05, 0.1) is 45.5 Å². The molecule has 20 rings (SSSR count). The number of rotatable bonds is 16. The third-order valence-electron chi connectivity index (χ3n) is 21.8. The second-order valence-corrected chi connectivity index (χ2v) is 29.0. The molecule has 20 aromatic rings. The lowest BCUT2D eigenvalue weighted by Crippen LogP contribution is -2.15. The minimum atomic E-state index is -0.847. The summed E-state index contributed by atoms with van der Waals surface area (Å²) >= 11 is 0. The van der Waals surface area contributed by atoms with E-state index in [2.05, 4.69) is 0 Å². The summed E-state index contributed by atoms with van der Waals surface area (Å²) < 4.78 is 184. The van der Waals surface area contributed by atoms with Crippen LogP contribution >= 0.6 is 0 Å². The molecule has 0 heterocycles. The van der Waals surface area contributed by atoms with Crippen molar-refractivity contribution < 1.29 is 52.7 Å². The van der Waals surface area contributed by atoms with E-state index in [1.54, 1.807) is 31.7 Å². The van der Waals surface area contributed by atoms with Crippen molar-refractivity contribution in [3.05, 3.63) is 434 Å². The molecule has 120 heavy (non-hydrogen) atoms. The molecule has 16 heteroatoms. The van der Waals surface area contributed by atoms with Crippen LogP contribution in [0.15, 0.2) is 364 Å². The standard InChI is InChI=1S/2C52H30F6N2/c53-35-11-7-9-33(25-35)43-27-37(55)29-45(57)51(43)59(39-13-3-1-4-14-39)47-23-19-31-18-22-42-48(24-20-32-17-21-41(47)49(31)50(32)42)60(40-15-5-2-6-16-40)52-44(28-38(56)30-46(52)58)34-10-8-12-36(54)26-34;53-35-19-11-31(12-20-35)43-27-37(55)29-45(57)51(43)59(39-7-3-1-4-8-39)47-25-17-33-16-24-42-48(26-18-34-15-23-41(47)49(33)50(34)42)60(40-9-5-2-6-10-40)52-44(28-38(56)30-46(52)58)32-13-21-36(54)22-14-32/h2*1-30H. The lowest BCUT2D eigenvalue weighted by atomic mass is 9.91. The normalized spacial score (nSPS) is 11.5. The molecule has 20 aromatic carbocycles. The van der Waals surface area contributed by atoms with Gasteiger partial charge in [-0.15, -0.1) is 0 Å². The first-order valence-corrected chi connectivity index (χ1v) is 38.3. The molecular formula is C104H60F12N4. The van der Waals surface area contributed by atoms with Crippen LogP contribution < -0.4 is 19.6 Å². The highest BCUT2D eigenvalue weighted by Gasteiger charge is 2.32. The van der Waals surface area contributed by atoms with Crippen molar-refractivity contribution >= 4 is 133 Å². The molecule has 0 spiro atoms. The average molecular weight is 1590 g/mol. The SMILES string of the molecule is Fc1ccc(-c2cc(F)cc(F)c2N(c2ccccc2)c2ccc3ccc4c(N(c5ccccc5)c5c(F)cc(F)cc5-c5ccc(F)cc5)ccc5ccc2c3c54)cc1.Fc1cccc(-c2cc(F)cc(F)c2N(c2ccccc2)c2ccc3ccc4c(N(c5ccccc5)c5c(F)cc(F)cc5-c5cccc(F)c5)ccc5ccc2c3c54)c1. The lowest BCUT2D eigenvalue weighted by Gasteiger charge is -2.31. The predicted molar refractivity (Wildman–Crippen MR) is 460 cm³/mol. The van der Waals surface area contributed by atoms with Crippen molar-refractivity contribution in [3.63, 3.8) is 0 Å². The summed E-state index contributed by atoms with van der Waals surface area (Å²) in [5, 5.41) is 9.71. The Morgan fingerprint density at radius 3 is 0.633 bits per heavy atom. The van der Waals surface area contributed by atoms with Crippen LogP contribution in [0.25, 0.3) is 109 Å². The van der Waals surface area contributed by atoms with Gasteiger partial charge >= 0.3 is 0 Å². The number of para-hydroxylation sites is 4. The third kappa shape index (κ3) is 13.5. The molecule has 0 aromatic heterocycles. The molecule has 0 atom stereocenters. The van der Waals surface area contributed by atoms with Gasteiger partial charge in [-0.1, -0.05) is 194 Å². The van der Waals surface area contributed by atoms with Gasteiger partial charge in [0.2, 0.25) is 0 Å². The summed E-state index contributed by atoms with van der Waals surface area (Å²) in [6.07, 6.45) is 0. The van der Waals surface area contributed by atoms with Gasteiger partial charge in [-0.3, -0.25) is 0 Å². The quantitative estimate of drug-likeness (QED) is 0.0706. The van der Waals surface area contributed by atoms with Crippen molar-refractivity contribution in [2.75, 3.05) is 19.6 Å². The van der Waals surface area contributed by atoms with E-state index in [1.165, 1.54) is 109 Å². The maximum absolute atomic E-state index is 16.6. The highest BCUT2D eigenvalue weighted by atomic mass is 19.2. The molecule has 0 saturated heterocycles. The Morgan fingerprint density at radius 1 is 0.158 bits per heavy atom. The minimum Gasteiger partial charge on any atom is -0.307 e. The van der Waals surface area contributed by atoms with E-state index in [0.29, 0.717) is 67.8 Å². The summed E-state index contributed by atoms with van der Waals surface area (Å²) in [6.45, 7) is 0. The van der Waals surface area contributed by atoms with E-state index in [9.17, 15) is 17.6 Å². The van der Waals surface area contributed by atoms with Crippen molar-refractivity contribution in [1.29, 1.82) is 0 Å². The zero-order chi connectivity index (χ0) is 82.1. The monoisotopic (exact) mass is 1590 g/mol. The number of nitrogens with zero attached hydrogens (tertiary/aromatic N) is 4. The Morgan fingerprint density at radius 2 is 0.392 bits per heavy atom. The minimum absolute atomic E-state index is 0.0239. The molecule has 0 aliphatic rings. The van der Waals surface area contributed by atoms with Gasteiger partial charge in [0.1, 0.15) is 46.5 Å². The summed E-state index contributed by atoms with van der Waals surface area (Å²) in [5.74, 6) is -8.59. The van der Waals surface area contributed by atoms with Gasteiger partial charge in [0.25, 0.3) is 0 Å². The number of benzene rings is 20. The van der Waals surface area contributed by atoms with Crippen LogP contribution in [-0.4, -0.2) is 0 Å². The highest BCUT2D eigenvalue weighted by molar-refractivity contribution is 6.30. The zero-order valence-corrected chi connectivity index (χ0v) is 63.0. The smallest absolute Gasteiger partial charge is 0.150 e. The first kappa shape index (κ1) is 74.9. The molecule has 580 valence electrons. The molecule has 0 saturated carbocycles. The maximum atomic E-state index is 16.6. The number of halogens is 12. The van der Waals surface area contributed by atoms with Crippen LogP contribution in [0.1, 0.15) is 0 Å². The fraction of sp³-hybridized carbons (Fsp3) is 0. The summed E-state index contributed by atoms with van der Waals surface area (Å²) in [5.41, 5.74) is 6.99. The van der Waals surface area contributed by atoms with Crippen molar-refractivity contribution in [1.82, 2.24) is 0 Å². The molecule has 0 aliphatic heterocycles.